The number of aromatic amines is 2. The lowest BCUT2D eigenvalue weighted by Gasteiger charge is -2.11. The Bertz CT molecular complexity index is 1460. The van der Waals surface area contributed by atoms with Gasteiger partial charge >= 0.3 is 0 Å². The maximum absolute atomic E-state index is 13.1. The minimum absolute atomic E-state index is 0.140. The number of H-pyrrole nitrogens is 2. The largest absolute Gasteiger partial charge is 0.305 e. The highest BCUT2D eigenvalue weighted by Crippen LogP contribution is 2.30. The maximum Gasteiger partial charge on any atom is 0.254 e. The summed E-state index contributed by atoms with van der Waals surface area (Å²) in [5.41, 5.74) is 5.88. The lowest BCUT2D eigenvalue weighted by molar-refractivity contribution is 0.760. The number of tetrazole rings is 1. The van der Waals surface area contributed by atoms with Crippen molar-refractivity contribution in [2.45, 2.75) is 32.6 Å². The fraction of sp³-hybridized carbons (Fsp3) is 0.192. The van der Waals surface area contributed by atoms with Gasteiger partial charge in [-0.1, -0.05) is 61.9 Å². The van der Waals surface area contributed by atoms with Crippen LogP contribution in [0.25, 0.3) is 34.0 Å². The molecule has 9 heteroatoms. The van der Waals surface area contributed by atoms with Crippen LogP contribution in [-0.4, -0.2) is 40.8 Å². The van der Waals surface area contributed by atoms with E-state index >= 15 is 0 Å². The van der Waals surface area contributed by atoms with Crippen molar-refractivity contribution in [3.8, 4) is 34.0 Å². The first kappa shape index (κ1) is 22.3. The number of hydrogen-bond acceptors (Lipinski definition) is 7. The molecule has 0 atom stereocenters. The van der Waals surface area contributed by atoms with Crippen LogP contribution in [0.2, 0.25) is 0 Å². The highest BCUT2D eigenvalue weighted by Gasteiger charge is 2.15. The quantitative estimate of drug-likeness (QED) is 0.355. The summed E-state index contributed by atoms with van der Waals surface area (Å²) in [6.45, 7) is 2.13. The van der Waals surface area contributed by atoms with Crippen LogP contribution in [0.1, 0.15) is 36.6 Å². The SMILES string of the molecule is CCCCc1nc(-c2cccnn2)[nH]c(=O)c1Cc1ccc(-c2ccccc2-c2nn[nH]n2)cc1. The fourth-order valence-corrected chi connectivity index (χ4v) is 4.04. The van der Waals surface area contributed by atoms with Crippen LogP contribution >= 0.6 is 0 Å². The average molecular weight is 465 g/mol. The second-order valence-corrected chi connectivity index (χ2v) is 8.21. The minimum atomic E-state index is -0.140. The van der Waals surface area contributed by atoms with Crippen molar-refractivity contribution < 1.29 is 0 Å². The molecule has 0 aliphatic heterocycles. The van der Waals surface area contributed by atoms with E-state index in [1.54, 1.807) is 18.3 Å². The van der Waals surface area contributed by atoms with E-state index in [1.807, 2.05) is 36.4 Å². The highest BCUT2D eigenvalue weighted by atomic mass is 16.1. The molecule has 0 saturated heterocycles. The third-order valence-corrected chi connectivity index (χ3v) is 5.84. The van der Waals surface area contributed by atoms with Crippen molar-refractivity contribution in [1.82, 2.24) is 40.8 Å². The zero-order valence-electron chi connectivity index (χ0n) is 19.3. The second kappa shape index (κ2) is 10.2. The van der Waals surface area contributed by atoms with E-state index in [0.29, 0.717) is 29.3 Å². The van der Waals surface area contributed by atoms with E-state index < -0.39 is 0 Å². The predicted molar refractivity (Wildman–Crippen MR) is 132 cm³/mol. The van der Waals surface area contributed by atoms with Gasteiger partial charge in [0.25, 0.3) is 5.56 Å². The summed E-state index contributed by atoms with van der Waals surface area (Å²) in [5.74, 6) is 0.998. The Morgan fingerprint density at radius 3 is 2.46 bits per heavy atom. The molecule has 174 valence electrons. The Hall–Kier alpha value is -4.53. The highest BCUT2D eigenvalue weighted by molar-refractivity contribution is 5.80. The average Bonchev–Trinajstić information content (AvgIpc) is 3.45. The third-order valence-electron chi connectivity index (χ3n) is 5.84. The molecule has 5 aromatic rings. The Morgan fingerprint density at radius 1 is 0.914 bits per heavy atom. The molecule has 0 saturated carbocycles. The molecule has 35 heavy (non-hydrogen) atoms. The molecule has 0 aliphatic rings. The molecule has 0 aliphatic carbocycles. The van der Waals surface area contributed by atoms with Crippen LogP contribution in [0.3, 0.4) is 0 Å². The Kier molecular flexibility index (Phi) is 6.47. The van der Waals surface area contributed by atoms with Crippen LogP contribution < -0.4 is 5.56 Å². The summed E-state index contributed by atoms with van der Waals surface area (Å²) in [7, 11) is 0. The van der Waals surface area contributed by atoms with Crippen molar-refractivity contribution in [2.75, 3.05) is 0 Å². The van der Waals surface area contributed by atoms with E-state index in [1.165, 1.54) is 0 Å². The van der Waals surface area contributed by atoms with E-state index in [9.17, 15) is 4.79 Å². The van der Waals surface area contributed by atoms with Crippen molar-refractivity contribution in [2.24, 2.45) is 0 Å². The van der Waals surface area contributed by atoms with Crippen LogP contribution in [0.15, 0.2) is 71.7 Å². The van der Waals surface area contributed by atoms with Crippen molar-refractivity contribution in [3.05, 3.63) is 94.0 Å². The van der Waals surface area contributed by atoms with E-state index in [4.69, 9.17) is 4.98 Å². The van der Waals surface area contributed by atoms with E-state index in [0.717, 1.165) is 47.2 Å². The van der Waals surface area contributed by atoms with Gasteiger partial charge in [0.1, 0.15) is 5.69 Å². The summed E-state index contributed by atoms with van der Waals surface area (Å²) in [5, 5.41) is 22.4. The summed E-state index contributed by atoms with van der Waals surface area (Å²) in [6.07, 6.45) is 4.80. The molecular formula is C26H24N8O. The van der Waals surface area contributed by atoms with Gasteiger partial charge < -0.3 is 4.98 Å². The number of unbranched alkanes of at least 4 members (excludes halogenated alkanes) is 1. The predicted octanol–water partition coefficient (Wildman–Crippen LogP) is 4.01. The second-order valence-electron chi connectivity index (χ2n) is 8.21. The minimum Gasteiger partial charge on any atom is -0.305 e. The number of nitrogens with zero attached hydrogens (tertiary/aromatic N) is 6. The van der Waals surface area contributed by atoms with Crippen molar-refractivity contribution in [1.29, 1.82) is 0 Å². The molecule has 9 nitrogen and oxygen atoms in total. The van der Waals surface area contributed by atoms with Crippen LogP contribution in [0.4, 0.5) is 0 Å². The van der Waals surface area contributed by atoms with Gasteiger partial charge in [0.2, 0.25) is 5.82 Å². The molecule has 3 aromatic heterocycles. The first-order valence-corrected chi connectivity index (χ1v) is 11.5. The van der Waals surface area contributed by atoms with Gasteiger partial charge in [0, 0.05) is 23.7 Å². The van der Waals surface area contributed by atoms with Crippen LogP contribution in [-0.2, 0) is 12.8 Å². The third kappa shape index (κ3) is 4.89. The van der Waals surface area contributed by atoms with Gasteiger partial charge in [-0.3, -0.25) is 4.79 Å². The summed E-state index contributed by atoms with van der Waals surface area (Å²) in [6, 6.07) is 19.7. The Balaban J connectivity index is 1.45. The number of benzene rings is 2. The zero-order valence-corrected chi connectivity index (χ0v) is 19.3. The first-order valence-electron chi connectivity index (χ1n) is 11.5. The molecule has 2 aromatic carbocycles. The first-order chi connectivity index (χ1) is 17.2. The normalized spacial score (nSPS) is 11.0. The smallest absolute Gasteiger partial charge is 0.254 e. The molecule has 0 radical (unpaired) electrons. The molecule has 0 spiro atoms. The Morgan fingerprint density at radius 2 is 1.74 bits per heavy atom. The lowest BCUT2D eigenvalue weighted by atomic mass is 9.96. The summed E-state index contributed by atoms with van der Waals surface area (Å²) < 4.78 is 0. The Labute approximate surface area is 201 Å². The fourth-order valence-electron chi connectivity index (χ4n) is 4.04. The van der Waals surface area contributed by atoms with Gasteiger partial charge in [-0.05, 0) is 46.9 Å². The molecule has 5 rings (SSSR count). The molecule has 0 fully saturated rings. The molecule has 2 N–H and O–H groups in total. The number of nitrogens with one attached hydrogen (secondary N) is 2. The maximum atomic E-state index is 13.1. The van der Waals surface area contributed by atoms with Gasteiger partial charge in [-0.25, -0.2) is 4.98 Å². The molecule has 3 heterocycles. The van der Waals surface area contributed by atoms with Crippen LogP contribution in [0, 0.1) is 0 Å². The summed E-state index contributed by atoms with van der Waals surface area (Å²) >= 11 is 0. The van der Waals surface area contributed by atoms with E-state index in [-0.39, 0.29) is 5.56 Å². The number of aryl methyl sites for hydroxylation is 1. The topological polar surface area (TPSA) is 126 Å². The molecular weight excluding hydrogens is 440 g/mol. The molecule has 0 amide bonds. The van der Waals surface area contributed by atoms with Crippen molar-refractivity contribution >= 4 is 0 Å². The van der Waals surface area contributed by atoms with E-state index in [2.05, 4.69) is 54.9 Å². The zero-order chi connectivity index (χ0) is 24.0. The monoisotopic (exact) mass is 464 g/mol. The van der Waals surface area contributed by atoms with Gasteiger partial charge in [-0.15, -0.1) is 15.3 Å². The molecule has 0 unspecified atom stereocenters. The number of rotatable bonds is 8. The lowest BCUT2D eigenvalue weighted by Crippen LogP contribution is -2.20. The molecule has 0 bridgehead atoms. The number of hydrogen-bond donors (Lipinski definition) is 2. The van der Waals surface area contributed by atoms with Crippen molar-refractivity contribution in [3.63, 3.8) is 0 Å². The van der Waals surface area contributed by atoms with Gasteiger partial charge in [0.15, 0.2) is 5.82 Å². The number of aromatic nitrogens is 8. The summed E-state index contributed by atoms with van der Waals surface area (Å²) in [4.78, 5) is 20.8. The van der Waals surface area contributed by atoms with Gasteiger partial charge in [-0.2, -0.15) is 10.3 Å². The van der Waals surface area contributed by atoms with Gasteiger partial charge in [0.05, 0.1) is 5.69 Å². The standard InChI is InChI=1S/C26H24N8O/c1-2-3-9-22-21(26(35)29-25(28-22)23-10-6-15-27-30-23)16-17-11-13-18(14-12-17)19-7-4-5-8-20(19)24-31-33-34-32-24/h4-8,10-15H,2-3,9,16H2,1H3,(H,28,29,35)(H,31,32,33,34). The van der Waals surface area contributed by atoms with Crippen LogP contribution in [0.5, 0.6) is 0 Å².